The second-order valence-electron chi connectivity index (χ2n) is 6.63. The molecule has 1 unspecified atom stereocenters. The Balaban J connectivity index is 2.77. The van der Waals surface area contributed by atoms with Crippen molar-refractivity contribution in [2.45, 2.75) is 33.7 Å². The van der Waals surface area contributed by atoms with Gasteiger partial charge in [-0.1, -0.05) is 50.0 Å². The normalized spacial score (nSPS) is 13.1. The van der Waals surface area contributed by atoms with Gasteiger partial charge >= 0.3 is 0 Å². The SMILES string of the molecule is CN(Cc1ccc(Cl)cc1Cl)C(=O)C(CN)CC(C)(C)C. The summed E-state index contributed by atoms with van der Waals surface area (Å²) in [6.07, 6.45) is 0.765. The molecule has 1 amide bonds. The van der Waals surface area contributed by atoms with Crippen LogP contribution in [0.5, 0.6) is 0 Å². The van der Waals surface area contributed by atoms with E-state index >= 15 is 0 Å². The third-order valence-electron chi connectivity index (χ3n) is 3.29. The molecular weight excluding hydrogens is 307 g/mol. The van der Waals surface area contributed by atoms with Gasteiger partial charge in [-0.25, -0.2) is 0 Å². The lowest BCUT2D eigenvalue weighted by atomic mass is 9.84. The number of halogens is 2. The first-order chi connectivity index (χ1) is 9.64. The van der Waals surface area contributed by atoms with Gasteiger partial charge in [0.25, 0.3) is 0 Å². The predicted octanol–water partition coefficient (Wildman–Crippen LogP) is 3.96. The third kappa shape index (κ3) is 5.85. The second kappa shape index (κ2) is 7.48. The van der Waals surface area contributed by atoms with Gasteiger partial charge < -0.3 is 10.6 Å². The van der Waals surface area contributed by atoms with Crippen LogP contribution in [0.1, 0.15) is 32.8 Å². The lowest BCUT2D eigenvalue weighted by molar-refractivity contribution is -0.135. The molecule has 0 saturated heterocycles. The molecule has 0 radical (unpaired) electrons. The molecule has 1 rings (SSSR count). The highest BCUT2D eigenvalue weighted by molar-refractivity contribution is 6.35. The topological polar surface area (TPSA) is 46.3 Å². The largest absolute Gasteiger partial charge is 0.341 e. The number of hydrogen-bond donors (Lipinski definition) is 1. The van der Waals surface area contributed by atoms with Gasteiger partial charge in [0.1, 0.15) is 0 Å². The Morgan fingerprint density at radius 1 is 1.33 bits per heavy atom. The summed E-state index contributed by atoms with van der Waals surface area (Å²) in [5.41, 5.74) is 6.72. The van der Waals surface area contributed by atoms with E-state index < -0.39 is 0 Å². The van der Waals surface area contributed by atoms with Gasteiger partial charge in [-0.2, -0.15) is 0 Å². The quantitative estimate of drug-likeness (QED) is 0.888. The highest BCUT2D eigenvalue weighted by atomic mass is 35.5. The van der Waals surface area contributed by atoms with Crippen LogP contribution >= 0.6 is 23.2 Å². The van der Waals surface area contributed by atoms with Crippen molar-refractivity contribution < 1.29 is 4.79 Å². The Kier molecular flexibility index (Phi) is 6.51. The number of carbonyl (C=O) groups excluding carboxylic acids is 1. The zero-order valence-corrected chi connectivity index (χ0v) is 14.6. The van der Waals surface area contributed by atoms with Crippen LogP contribution in [0.25, 0.3) is 0 Å². The molecule has 3 nitrogen and oxygen atoms in total. The number of carbonyl (C=O) groups is 1. The molecule has 0 aliphatic heterocycles. The number of nitrogens with zero attached hydrogens (tertiary/aromatic N) is 1. The first kappa shape index (κ1) is 18.3. The van der Waals surface area contributed by atoms with Crippen molar-refractivity contribution in [3.05, 3.63) is 33.8 Å². The van der Waals surface area contributed by atoms with Gasteiger partial charge in [-0.05, 0) is 29.5 Å². The summed E-state index contributed by atoms with van der Waals surface area (Å²) in [5, 5.41) is 1.16. The summed E-state index contributed by atoms with van der Waals surface area (Å²) in [6, 6.07) is 5.30. The molecule has 1 aromatic rings. The third-order valence-corrected chi connectivity index (χ3v) is 3.88. The first-order valence-electron chi connectivity index (χ1n) is 7.03. The number of benzene rings is 1. The Morgan fingerprint density at radius 2 is 1.95 bits per heavy atom. The minimum atomic E-state index is -0.166. The summed E-state index contributed by atoms with van der Waals surface area (Å²) in [6.45, 7) is 7.14. The molecule has 0 aromatic heterocycles. The van der Waals surface area contributed by atoms with E-state index in [9.17, 15) is 4.79 Å². The van der Waals surface area contributed by atoms with E-state index in [2.05, 4.69) is 20.8 Å². The van der Waals surface area contributed by atoms with Crippen LogP contribution in [-0.4, -0.2) is 24.4 Å². The Hall–Kier alpha value is -0.770. The molecule has 0 bridgehead atoms. The molecule has 21 heavy (non-hydrogen) atoms. The van der Waals surface area contributed by atoms with Crippen molar-refractivity contribution in [3.63, 3.8) is 0 Å². The maximum absolute atomic E-state index is 12.5. The number of rotatable bonds is 5. The van der Waals surface area contributed by atoms with Crippen LogP contribution in [0.4, 0.5) is 0 Å². The molecule has 0 fully saturated rings. The van der Waals surface area contributed by atoms with Crippen LogP contribution in [0.2, 0.25) is 10.0 Å². The highest BCUT2D eigenvalue weighted by Crippen LogP contribution is 2.26. The monoisotopic (exact) mass is 330 g/mol. The van der Waals surface area contributed by atoms with E-state index in [0.29, 0.717) is 23.1 Å². The highest BCUT2D eigenvalue weighted by Gasteiger charge is 2.26. The lowest BCUT2D eigenvalue weighted by Crippen LogP contribution is -2.38. The van der Waals surface area contributed by atoms with Gasteiger partial charge in [0.15, 0.2) is 0 Å². The summed E-state index contributed by atoms with van der Waals surface area (Å²) in [5.74, 6) is -0.112. The molecule has 0 aliphatic rings. The summed E-state index contributed by atoms with van der Waals surface area (Å²) in [4.78, 5) is 14.2. The van der Waals surface area contributed by atoms with E-state index in [4.69, 9.17) is 28.9 Å². The van der Waals surface area contributed by atoms with Crippen molar-refractivity contribution >= 4 is 29.1 Å². The Morgan fingerprint density at radius 3 is 2.43 bits per heavy atom. The molecular formula is C16H24Cl2N2O. The molecule has 0 aliphatic carbocycles. The first-order valence-corrected chi connectivity index (χ1v) is 7.78. The fourth-order valence-electron chi connectivity index (χ4n) is 2.31. The summed E-state index contributed by atoms with van der Waals surface area (Å²) < 4.78 is 0. The zero-order chi connectivity index (χ0) is 16.2. The van der Waals surface area contributed by atoms with Crippen LogP contribution in [0, 0.1) is 11.3 Å². The van der Waals surface area contributed by atoms with E-state index in [1.807, 2.05) is 6.07 Å². The van der Waals surface area contributed by atoms with Crippen LogP contribution in [0.15, 0.2) is 18.2 Å². The average Bonchev–Trinajstić information content (AvgIpc) is 2.37. The molecule has 0 spiro atoms. The minimum Gasteiger partial charge on any atom is -0.341 e. The summed E-state index contributed by atoms with van der Waals surface area (Å²) >= 11 is 12.0. The van der Waals surface area contributed by atoms with Crippen molar-refractivity contribution in [1.82, 2.24) is 4.90 Å². The zero-order valence-electron chi connectivity index (χ0n) is 13.1. The molecule has 0 heterocycles. The van der Waals surface area contributed by atoms with Gasteiger partial charge in [0, 0.05) is 30.2 Å². The molecule has 118 valence electrons. The van der Waals surface area contributed by atoms with Gasteiger partial charge in [-0.3, -0.25) is 4.79 Å². The average molecular weight is 331 g/mol. The lowest BCUT2D eigenvalue weighted by Gasteiger charge is -2.28. The van der Waals surface area contributed by atoms with Gasteiger partial charge in [0.2, 0.25) is 5.91 Å². The van der Waals surface area contributed by atoms with Crippen molar-refractivity contribution in [2.75, 3.05) is 13.6 Å². The standard InChI is InChI=1S/C16H24Cl2N2O/c1-16(2,3)8-12(9-19)15(21)20(4)10-11-5-6-13(17)7-14(11)18/h5-7,12H,8-10,19H2,1-4H3. The van der Waals surface area contributed by atoms with Crippen molar-refractivity contribution in [3.8, 4) is 0 Å². The molecule has 2 N–H and O–H groups in total. The number of amides is 1. The minimum absolute atomic E-state index is 0.0541. The predicted molar refractivity (Wildman–Crippen MR) is 89.6 cm³/mol. The fraction of sp³-hybridized carbons (Fsp3) is 0.562. The van der Waals surface area contributed by atoms with Crippen LogP contribution < -0.4 is 5.73 Å². The maximum atomic E-state index is 12.5. The van der Waals surface area contributed by atoms with Gasteiger partial charge in [-0.15, -0.1) is 0 Å². The fourth-order valence-corrected chi connectivity index (χ4v) is 2.77. The van der Waals surface area contributed by atoms with Crippen molar-refractivity contribution in [1.29, 1.82) is 0 Å². The smallest absolute Gasteiger partial charge is 0.227 e. The Bertz CT molecular complexity index is 498. The molecule has 0 saturated carbocycles. The second-order valence-corrected chi connectivity index (χ2v) is 7.47. The van der Waals surface area contributed by atoms with Crippen LogP contribution in [0.3, 0.4) is 0 Å². The van der Waals surface area contributed by atoms with Crippen LogP contribution in [-0.2, 0) is 11.3 Å². The van der Waals surface area contributed by atoms with E-state index in [-0.39, 0.29) is 17.2 Å². The van der Waals surface area contributed by atoms with Gasteiger partial charge in [0.05, 0.1) is 5.92 Å². The number of nitrogens with two attached hydrogens (primary N) is 1. The maximum Gasteiger partial charge on any atom is 0.227 e. The van der Waals surface area contributed by atoms with E-state index in [1.54, 1.807) is 24.1 Å². The summed E-state index contributed by atoms with van der Waals surface area (Å²) in [7, 11) is 1.78. The molecule has 1 atom stereocenters. The number of hydrogen-bond acceptors (Lipinski definition) is 2. The molecule has 5 heteroatoms. The molecule has 1 aromatic carbocycles. The van der Waals surface area contributed by atoms with E-state index in [1.165, 1.54) is 0 Å². The van der Waals surface area contributed by atoms with E-state index in [0.717, 1.165) is 12.0 Å². The van der Waals surface area contributed by atoms with Crippen molar-refractivity contribution in [2.24, 2.45) is 17.1 Å². The Labute approximate surface area is 137 Å².